The van der Waals surface area contributed by atoms with E-state index >= 15 is 0 Å². The lowest BCUT2D eigenvalue weighted by Gasteiger charge is -2.25. The van der Waals surface area contributed by atoms with Crippen molar-refractivity contribution in [3.8, 4) is 17.5 Å². The largest absolute Gasteiger partial charge is 0.377 e. The monoisotopic (exact) mass is 410 g/mol. The molecule has 0 saturated carbocycles. The van der Waals surface area contributed by atoms with Gasteiger partial charge in [0.05, 0.1) is 36.4 Å². The van der Waals surface area contributed by atoms with Crippen molar-refractivity contribution in [1.82, 2.24) is 14.3 Å². The maximum absolute atomic E-state index is 13.6. The van der Waals surface area contributed by atoms with Gasteiger partial charge in [0.15, 0.2) is 0 Å². The number of para-hydroxylation sites is 1. The molecule has 0 bridgehead atoms. The van der Waals surface area contributed by atoms with Crippen molar-refractivity contribution >= 4 is 10.8 Å². The smallest absolute Gasteiger partial charge is 0.264 e. The van der Waals surface area contributed by atoms with Crippen LogP contribution in [0.25, 0.3) is 16.5 Å². The molecule has 3 heterocycles. The molecule has 154 valence electrons. The lowest BCUT2D eigenvalue weighted by Crippen LogP contribution is -2.30. The van der Waals surface area contributed by atoms with Gasteiger partial charge in [-0.25, -0.2) is 0 Å². The van der Waals surface area contributed by atoms with Gasteiger partial charge >= 0.3 is 0 Å². The van der Waals surface area contributed by atoms with Gasteiger partial charge in [0.2, 0.25) is 0 Å². The van der Waals surface area contributed by atoms with Crippen molar-refractivity contribution in [2.24, 2.45) is 5.73 Å². The van der Waals surface area contributed by atoms with Crippen LogP contribution in [0.15, 0.2) is 71.8 Å². The van der Waals surface area contributed by atoms with Crippen LogP contribution in [0.4, 0.5) is 0 Å². The molecule has 5 rings (SSSR count). The molecule has 31 heavy (non-hydrogen) atoms. The van der Waals surface area contributed by atoms with Crippen LogP contribution in [-0.4, -0.2) is 27.6 Å². The van der Waals surface area contributed by atoms with Crippen molar-refractivity contribution in [1.29, 1.82) is 0 Å². The Kier molecular flexibility index (Phi) is 4.91. The number of ether oxygens (including phenoxy) is 1. The van der Waals surface area contributed by atoms with Gasteiger partial charge in [0, 0.05) is 29.2 Å². The zero-order valence-electron chi connectivity index (χ0n) is 17.2. The van der Waals surface area contributed by atoms with Gasteiger partial charge in [0.25, 0.3) is 5.56 Å². The zero-order valence-corrected chi connectivity index (χ0v) is 17.2. The number of nitrogens with zero attached hydrogens (tertiary/aromatic N) is 3. The second-order valence-corrected chi connectivity index (χ2v) is 7.75. The Labute approximate surface area is 179 Å². The Balaban J connectivity index is 1.65. The number of pyridine rings is 1. The molecule has 6 nitrogen and oxygen atoms in total. The highest BCUT2D eigenvalue weighted by Crippen LogP contribution is 2.22. The molecule has 4 aromatic rings. The molecule has 2 N–H and O–H groups in total. The Hall–Kier alpha value is -3.66. The molecule has 0 spiro atoms. The molecular weight excluding hydrogens is 388 g/mol. The van der Waals surface area contributed by atoms with Gasteiger partial charge < -0.3 is 10.5 Å². The highest BCUT2D eigenvalue weighted by Gasteiger charge is 2.20. The van der Waals surface area contributed by atoms with Gasteiger partial charge in [-0.3, -0.25) is 14.0 Å². The van der Waals surface area contributed by atoms with Gasteiger partial charge in [-0.05, 0) is 36.6 Å². The molecule has 1 aliphatic rings. The summed E-state index contributed by atoms with van der Waals surface area (Å²) in [5.74, 6) is 6.33. The van der Waals surface area contributed by atoms with Gasteiger partial charge in [-0.2, -0.15) is 5.10 Å². The third-order valence-corrected chi connectivity index (χ3v) is 5.49. The summed E-state index contributed by atoms with van der Waals surface area (Å²) in [7, 11) is 0. The average molecular weight is 410 g/mol. The molecule has 1 fully saturated rings. The summed E-state index contributed by atoms with van der Waals surface area (Å²) >= 11 is 0. The Morgan fingerprint density at radius 1 is 1.13 bits per heavy atom. The molecule has 2 aromatic carbocycles. The van der Waals surface area contributed by atoms with Crippen LogP contribution in [0.2, 0.25) is 0 Å². The van der Waals surface area contributed by atoms with Crippen LogP contribution in [0.1, 0.15) is 35.8 Å². The third kappa shape index (κ3) is 3.55. The van der Waals surface area contributed by atoms with E-state index in [-0.39, 0.29) is 17.6 Å². The van der Waals surface area contributed by atoms with Crippen LogP contribution in [0.3, 0.4) is 0 Å². The van der Waals surface area contributed by atoms with E-state index < -0.39 is 0 Å². The minimum Gasteiger partial charge on any atom is -0.377 e. The first-order valence-corrected chi connectivity index (χ1v) is 10.3. The van der Waals surface area contributed by atoms with Gasteiger partial charge in [-0.1, -0.05) is 42.2 Å². The minimum absolute atomic E-state index is 0.122. The molecule has 0 aliphatic carbocycles. The summed E-state index contributed by atoms with van der Waals surface area (Å²) in [5.41, 5.74) is 9.14. The van der Waals surface area contributed by atoms with Crippen LogP contribution < -0.4 is 11.3 Å². The molecule has 0 radical (unpaired) electrons. The van der Waals surface area contributed by atoms with Crippen LogP contribution in [0.5, 0.6) is 0 Å². The van der Waals surface area contributed by atoms with Crippen LogP contribution >= 0.6 is 0 Å². The summed E-state index contributed by atoms with van der Waals surface area (Å²) in [5, 5.41) is 5.79. The van der Waals surface area contributed by atoms with E-state index in [2.05, 4.69) is 16.9 Å². The molecular formula is C25H22N4O2. The quantitative estimate of drug-likeness (QED) is 0.527. The maximum Gasteiger partial charge on any atom is 0.264 e. The zero-order chi connectivity index (χ0) is 21.4. The Morgan fingerprint density at radius 3 is 2.65 bits per heavy atom. The van der Waals surface area contributed by atoms with Crippen molar-refractivity contribution in [3.05, 3.63) is 94.2 Å². The summed E-state index contributed by atoms with van der Waals surface area (Å²) in [6.07, 6.45) is 3.66. The Morgan fingerprint density at radius 2 is 1.94 bits per heavy atom. The highest BCUT2D eigenvalue weighted by molar-refractivity contribution is 5.88. The summed E-state index contributed by atoms with van der Waals surface area (Å²) < 4.78 is 8.79. The topological polar surface area (TPSA) is 75.1 Å². The number of hydrogen-bond donors (Lipinski definition) is 1. The third-order valence-electron chi connectivity index (χ3n) is 5.49. The number of benzene rings is 2. The summed E-state index contributed by atoms with van der Waals surface area (Å²) in [6.45, 7) is 3.24. The van der Waals surface area contributed by atoms with E-state index in [4.69, 9.17) is 10.5 Å². The van der Waals surface area contributed by atoms with E-state index in [0.717, 1.165) is 22.3 Å². The number of rotatable bonds is 3. The normalized spacial score (nSPS) is 14.6. The number of nitrogens with two attached hydrogens (primary N) is 1. The molecule has 1 atom stereocenters. The number of fused-ring (bicyclic) bond motifs is 1. The first-order chi connectivity index (χ1) is 15.1. The van der Waals surface area contributed by atoms with E-state index in [1.54, 1.807) is 10.8 Å². The fraction of sp³-hybridized carbons (Fsp3) is 0.200. The molecule has 0 amide bonds. The van der Waals surface area contributed by atoms with E-state index in [1.807, 2.05) is 72.4 Å². The molecule has 2 aromatic heterocycles. The minimum atomic E-state index is -0.298. The predicted octanol–water partition coefficient (Wildman–Crippen LogP) is 3.18. The standard InChI is InChI=1S/C25H22N4O2/c1-17(26)23-12-20-7-5-6-19(11-10-18-13-27-28(14-18)22-15-31-16-22)24(20)25(30)29(23)21-8-3-2-4-9-21/h2-9,12-14,17,22H,15-16,26H2,1H3/t17-/m0/s1. The fourth-order valence-corrected chi connectivity index (χ4v) is 3.78. The first kappa shape index (κ1) is 19.3. The average Bonchev–Trinajstić information content (AvgIpc) is 3.19. The summed E-state index contributed by atoms with van der Waals surface area (Å²) in [6, 6.07) is 17.2. The van der Waals surface area contributed by atoms with Gasteiger partial charge in [-0.15, -0.1) is 0 Å². The SMILES string of the molecule is C[C@H](N)c1cc2cccc(C#Cc3cnn(C4COC4)c3)c2c(=O)n1-c1ccccc1. The van der Waals surface area contributed by atoms with Crippen molar-refractivity contribution in [2.45, 2.75) is 19.0 Å². The number of aromatic nitrogens is 3. The fourth-order valence-electron chi connectivity index (χ4n) is 3.78. The maximum atomic E-state index is 13.6. The second kappa shape index (κ2) is 7.88. The van der Waals surface area contributed by atoms with Crippen molar-refractivity contribution < 1.29 is 4.74 Å². The second-order valence-electron chi connectivity index (χ2n) is 7.75. The van der Waals surface area contributed by atoms with Crippen LogP contribution in [0, 0.1) is 11.8 Å². The molecule has 6 heteroatoms. The lowest BCUT2D eigenvalue weighted by molar-refractivity contribution is -0.0286. The lowest BCUT2D eigenvalue weighted by atomic mass is 10.0. The number of hydrogen-bond acceptors (Lipinski definition) is 4. The predicted molar refractivity (Wildman–Crippen MR) is 120 cm³/mol. The summed E-state index contributed by atoms with van der Waals surface area (Å²) in [4.78, 5) is 13.6. The molecule has 0 unspecified atom stereocenters. The molecule has 1 aliphatic heterocycles. The van der Waals surface area contributed by atoms with Crippen molar-refractivity contribution in [3.63, 3.8) is 0 Å². The highest BCUT2D eigenvalue weighted by atomic mass is 16.5. The van der Waals surface area contributed by atoms with E-state index in [0.29, 0.717) is 24.2 Å². The van der Waals surface area contributed by atoms with Crippen LogP contribution in [-0.2, 0) is 4.74 Å². The van der Waals surface area contributed by atoms with E-state index in [9.17, 15) is 4.79 Å². The Bertz CT molecular complexity index is 1370. The van der Waals surface area contributed by atoms with Gasteiger partial charge in [0.1, 0.15) is 0 Å². The molecule has 1 saturated heterocycles. The van der Waals surface area contributed by atoms with E-state index in [1.165, 1.54) is 0 Å². The van der Waals surface area contributed by atoms with Crippen molar-refractivity contribution in [2.75, 3.05) is 13.2 Å². The first-order valence-electron chi connectivity index (χ1n) is 10.3.